The topological polar surface area (TPSA) is 65.7 Å². The zero-order chi connectivity index (χ0) is 21.3. The largest absolute Gasteiger partial charge is 0.497 e. The van der Waals surface area contributed by atoms with Gasteiger partial charge in [0.05, 0.1) is 34.5 Å². The van der Waals surface area contributed by atoms with Crippen LogP contribution in [-0.2, 0) is 22.6 Å². The second kappa shape index (κ2) is 11.0. The van der Waals surface area contributed by atoms with Gasteiger partial charge in [0.15, 0.2) is 6.54 Å². The Kier molecular flexibility index (Phi) is 8.07. The summed E-state index contributed by atoms with van der Waals surface area (Å²) in [6.45, 7) is 5.81. The first-order valence-corrected chi connectivity index (χ1v) is 10.4. The Labute approximate surface area is 178 Å². The number of hydrogen-bond acceptors (Lipinski definition) is 4. The molecular formula is C23H33N3O4+2. The number of anilines is 1. The Balaban J connectivity index is 1.48. The first-order chi connectivity index (χ1) is 14.6. The van der Waals surface area contributed by atoms with Crippen LogP contribution in [0.25, 0.3) is 0 Å². The Morgan fingerprint density at radius 3 is 2.50 bits per heavy atom. The standard InChI is InChI=1S/C23H31N3O4/c1-25(16-19-6-9-21(28-2)14-22(19)29-3)17-23(27)24-20-7-4-18(5-8-20)15-26-10-12-30-13-11-26/h4-9,14H,10-13,15-17H2,1-3H3,(H,24,27)/p+2. The molecule has 0 radical (unpaired) electrons. The molecule has 1 saturated heterocycles. The van der Waals surface area contributed by atoms with E-state index in [0.29, 0.717) is 13.1 Å². The van der Waals surface area contributed by atoms with Crippen LogP contribution in [0, 0.1) is 0 Å². The van der Waals surface area contributed by atoms with Crippen molar-refractivity contribution in [2.24, 2.45) is 0 Å². The maximum atomic E-state index is 12.5. The number of amides is 1. The van der Waals surface area contributed by atoms with E-state index in [1.807, 2.05) is 37.4 Å². The van der Waals surface area contributed by atoms with Crippen molar-refractivity contribution in [2.75, 3.05) is 59.4 Å². The molecule has 1 unspecified atom stereocenters. The fourth-order valence-corrected chi connectivity index (χ4v) is 3.70. The molecule has 162 valence electrons. The van der Waals surface area contributed by atoms with Gasteiger partial charge in [0.25, 0.3) is 5.91 Å². The summed E-state index contributed by atoms with van der Waals surface area (Å²) in [4.78, 5) is 15.1. The Bertz CT molecular complexity index is 820. The summed E-state index contributed by atoms with van der Waals surface area (Å²) in [5, 5.41) is 3.00. The van der Waals surface area contributed by atoms with E-state index in [1.165, 1.54) is 10.5 Å². The predicted octanol–water partition coefficient (Wildman–Crippen LogP) is -0.228. The van der Waals surface area contributed by atoms with Crippen molar-refractivity contribution in [1.29, 1.82) is 0 Å². The highest BCUT2D eigenvalue weighted by Gasteiger charge is 2.16. The van der Waals surface area contributed by atoms with Gasteiger partial charge in [0.2, 0.25) is 0 Å². The molecule has 7 nitrogen and oxygen atoms in total. The lowest BCUT2D eigenvalue weighted by Gasteiger charge is -2.23. The van der Waals surface area contributed by atoms with E-state index in [1.54, 1.807) is 14.2 Å². The van der Waals surface area contributed by atoms with Crippen molar-refractivity contribution in [2.45, 2.75) is 13.1 Å². The second-order valence-electron chi connectivity index (χ2n) is 7.77. The number of methoxy groups -OCH3 is 2. The van der Waals surface area contributed by atoms with E-state index < -0.39 is 0 Å². The first kappa shape index (κ1) is 22.1. The van der Waals surface area contributed by atoms with Crippen molar-refractivity contribution < 1.29 is 28.8 Å². The first-order valence-electron chi connectivity index (χ1n) is 10.4. The minimum absolute atomic E-state index is 0.00784. The van der Waals surface area contributed by atoms with E-state index in [9.17, 15) is 4.79 Å². The van der Waals surface area contributed by atoms with E-state index >= 15 is 0 Å². The van der Waals surface area contributed by atoms with Gasteiger partial charge in [0, 0.05) is 22.9 Å². The second-order valence-corrected chi connectivity index (χ2v) is 7.77. The molecule has 2 aromatic rings. The molecule has 0 aromatic heterocycles. The summed E-state index contributed by atoms with van der Waals surface area (Å²) in [6.07, 6.45) is 0. The highest BCUT2D eigenvalue weighted by atomic mass is 16.5. The van der Waals surface area contributed by atoms with Crippen molar-refractivity contribution in [3.8, 4) is 11.5 Å². The number of rotatable bonds is 9. The van der Waals surface area contributed by atoms with Crippen LogP contribution in [0.2, 0.25) is 0 Å². The fourth-order valence-electron chi connectivity index (χ4n) is 3.70. The number of benzene rings is 2. The van der Waals surface area contributed by atoms with Crippen LogP contribution in [0.1, 0.15) is 11.1 Å². The SMILES string of the molecule is COc1ccc(C[NH+](C)CC(=O)Nc2ccc(C[NH+]3CCOCC3)cc2)c(OC)c1. The molecule has 1 aliphatic rings. The average molecular weight is 416 g/mol. The van der Waals surface area contributed by atoms with Gasteiger partial charge in [-0.3, -0.25) is 4.79 Å². The molecule has 1 fully saturated rings. The summed E-state index contributed by atoms with van der Waals surface area (Å²) in [5.74, 6) is 1.52. The molecule has 0 aliphatic carbocycles. The van der Waals surface area contributed by atoms with Crippen molar-refractivity contribution in [3.63, 3.8) is 0 Å². The third-order valence-electron chi connectivity index (χ3n) is 5.34. The molecule has 3 N–H and O–H groups in total. The monoisotopic (exact) mass is 415 g/mol. The number of likely N-dealkylation sites (N-methyl/N-ethyl adjacent to an activating group) is 1. The number of quaternary nitrogens is 2. The molecule has 1 heterocycles. The van der Waals surface area contributed by atoms with Crippen LogP contribution < -0.4 is 24.6 Å². The number of carbonyl (C=O) groups excluding carboxylic acids is 1. The molecule has 3 rings (SSSR count). The summed E-state index contributed by atoms with van der Waals surface area (Å²) >= 11 is 0. The van der Waals surface area contributed by atoms with E-state index in [2.05, 4.69) is 17.4 Å². The Hall–Kier alpha value is -2.61. The molecule has 0 saturated carbocycles. The third kappa shape index (κ3) is 6.45. The Morgan fingerprint density at radius 2 is 1.83 bits per heavy atom. The van der Waals surface area contributed by atoms with Crippen molar-refractivity contribution >= 4 is 11.6 Å². The molecule has 30 heavy (non-hydrogen) atoms. The third-order valence-corrected chi connectivity index (χ3v) is 5.34. The van der Waals surface area contributed by atoms with Crippen molar-refractivity contribution in [3.05, 3.63) is 53.6 Å². The highest BCUT2D eigenvalue weighted by molar-refractivity contribution is 5.91. The molecular weight excluding hydrogens is 382 g/mol. The summed E-state index contributed by atoms with van der Waals surface area (Å²) in [6, 6.07) is 13.9. The average Bonchev–Trinajstić information content (AvgIpc) is 2.76. The van der Waals surface area contributed by atoms with Gasteiger partial charge >= 0.3 is 0 Å². The zero-order valence-electron chi connectivity index (χ0n) is 18.1. The van der Waals surface area contributed by atoms with E-state index in [4.69, 9.17) is 14.2 Å². The molecule has 0 bridgehead atoms. The van der Waals surface area contributed by atoms with Gasteiger partial charge in [-0.2, -0.15) is 0 Å². The number of carbonyl (C=O) groups is 1. The summed E-state index contributed by atoms with van der Waals surface area (Å²) in [5.41, 5.74) is 3.15. The van der Waals surface area contributed by atoms with Crippen LogP contribution in [-0.4, -0.2) is 60.0 Å². The number of nitrogens with one attached hydrogen (secondary N) is 3. The minimum atomic E-state index is -0.00784. The summed E-state index contributed by atoms with van der Waals surface area (Å²) < 4.78 is 16.1. The van der Waals surface area contributed by atoms with Crippen LogP contribution in [0.3, 0.4) is 0 Å². The van der Waals surface area contributed by atoms with Gasteiger partial charge < -0.3 is 29.3 Å². The Morgan fingerprint density at radius 1 is 1.10 bits per heavy atom. The fraction of sp³-hybridized carbons (Fsp3) is 0.435. The zero-order valence-corrected chi connectivity index (χ0v) is 18.1. The lowest BCUT2D eigenvalue weighted by atomic mass is 10.1. The smallest absolute Gasteiger partial charge is 0.279 e. The lowest BCUT2D eigenvalue weighted by molar-refractivity contribution is -0.921. The molecule has 1 amide bonds. The van der Waals surface area contributed by atoms with Gasteiger partial charge in [-0.25, -0.2) is 0 Å². The van der Waals surface area contributed by atoms with Gasteiger partial charge in [-0.15, -0.1) is 0 Å². The number of morpholine rings is 1. The molecule has 0 spiro atoms. The van der Waals surface area contributed by atoms with Crippen LogP contribution in [0.4, 0.5) is 5.69 Å². The minimum Gasteiger partial charge on any atom is -0.497 e. The van der Waals surface area contributed by atoms with E-state index in [0.717, 1.165) is 60.5 Å². The molecule has 1 aliphatic heterocycles. The van der Waals surface area contributed by atoms with Gasteiger partial charge in [-0.05, 0) is 24.3 Å². The maximum absolute atomic E-state index is 12.5. The highest BCUT2D eigenvalue weighted by Crippen LogP contribution is 2.23. The lowest BCUT2D eigenvalue weighted by Crippen LogP contribution is -3.12. The van der Waals surface area contributed by atoms with Gasteiger partial charge in [0.1, 0.15) is 37.7 Å². The quantitative estimate of drug-likeness (QED) is 0.530. The molecule has 1 atom stereocenters. The van der Waals surface area contributed by atoms with Crippen LogP contribution in [0.5, 0.6) is 11.5 Å². The molecule has 7 heteroatoms. The maximum Gasteiger partial charge on any atom is 0.279 e. The van der Waals surface area contributed by atoms with Gasteiger partial charge in [-0.1, -0.05) is 12.1 Å². The summed E-state index contributed by atoms with van der Waals surface area (Å²) in [7, 11) is 5.27. The predicted molar refractivity (Wildman–Crippen MR) is 115 cm³/mol. The van der Waals surface area contributed by atoms with Crippen LogP contribution in [0.15, 0.2) is 42.5 Å². The molecule has 2 aromatic carbocycles. The van der Waals surface area contributed by atoms with Crippen molar-refractivity contribution in [1.82, 2.24) is 0 Å². The number of ether oxygens (including phenoxy) is 3. The normalized spacial score (nSPS) is 15.4. The van der Waals surface area contributed by atoms with E-state index in [-0.39, 0.29) is 5.91 Å². The number of hydrogen-bond donors (Lipinski definition) is 3. The van der Waals surface area contributed by atoms with Crippen LogP contribution >= 0.6 is 0 Å².